The Kier molecular flexibility index (Phi) is 3.69. The van der Waals surface area contributed by atoms with Crippen LogP contribution in [-0.4, -0.2) is 16.1 Å². The number of hydrogen-bond donors (Lipinski definition) is 1. The molecule has 0 saturated heterocycles. The van der Waals surface area contributed by atoms with E-state index in [4.69, 9.17) is 5.73 Å². The Hall–Kier alpha value is -2.96. The summed E-state index contributed by atoms with van der Waals surface area (Å²) in [5.74, 6) is 0.151. The second kappa shape index (κ2) is 5.68. The number of anilines is 1. The molecule has 2 aromatic carbocycles. The topological polar surface area (TPSA) is 53.1 Å². The fraction of sp³-hybridized carbons (Fsp3) is 0.0625. The normalized spacial score (nSPS) is 11.4. The quantitative estimate of drug-likeness (QED) is 0.793. The third kappa shape index (κ3) is 3.45. The molecular weight excluding hydrogens is 307 g/mol. The summed E-state index contributed by atoms with van der Waals surface area (Å²) in [6.07, 6.45) is -4.71. The Morgan fingerprint density at radius 1 is 0.957 bits per heavy atom. The van der Waals surface area contributed by atoms with Gasteiger partial charge < -0.3 is 10.5 Å². The Labute approximate surface area is 129 Å². The Balaban J connectivity index is 1.88. The molecule has 0 aliphatic heterocycles. The summed E-state index contributed by atoms with van der Waals surface area (Å²) in [5.41, 5.74) is 7.95. The zero-order chi connectivity index (χ0) is 16.4. The zero-order valence-electron chi connectivity index (χ0n) is 11.8. The lowest BCUT2D eigenvalue weighted by Gasteiger charge is -2.08. The van der Waals surface area contributed by atoms with Gasteiger partial charge in [-0.15, -0.1) is 13.2 Å². The lowest BCUT2D eigenvalue weighted by Crippen LogP contribution is -2.16. The van der Waals surface area contributed by atoms with Crippen molar-refractivity contribution in [1.82, 2.24) is 9.78 Å². The number of nitrogens with zero attached hydrogens (tertiary/aromatic N) is 2. The maximum Gasteiger partial charge on any atom is 0.573 e. The molecule has 0 atom stereocenters. The number of nitrogens with two attached hydrogens (primary N) is 1. The van der Waals surface area contributed by atoms with Gasteiger partial charge in [0.25, 0.3) is 0 Å². The molecule has 4 nitrogen and oxygen atoms in total. The van der Waals surface area contributed by atoms with Crippen molar-refractivity contribution in [3.8, 4) is 22.7 Å². The first-order valence-corrected chi connectivity index (χ1v) is 6.69. The van der Waals surface area contributed by atoms with Gasteiger partial charge in [0.1, 0.15) is 11.6 Å². The van der Waals surface area contributed by atoms with Crippen molar-refractivity contribution in [2.24, 2.45) is 0 Å². The van der Waals surface area contributed by atoms with Gasteiger partial charge in [-0.1, -0.05) is 18.2 Å². The Morgan fingerprint density at radius 2 is 1.61 bits per heavy atom. The van der Waals surface area contributed by atoms with Crippen molar-refractivity contribution in [1.29, 1.82) is 0 Å². The number of alkyl halides is 3. The molecule has 0 spiro atoms. The van der Waals surface area contributed by atoms with E-state index in [2.05, 4.69) is 9.84 Å². The highest BCUT2D eigenvalue weighted by atomic mass is 19.4. The fourth-order valence-electron chi connectivity index (χ4n) is 2.14. The number of nitrogen functional groups attached to an aromatic ring is 1. The fourth-order valence-corrected chi connectivity index (χ4v) is 2.14. The summed E-state index contributed by atoms with van der Waals surface area (Å²) in [4.78, 5) is 0. The number of hydrogen-bond acceptors (Lipinski definition) is 3. The summed E-state index contributed by atoms with van der Waals surface area (Å²) in [7, 11) is 0. The van der Waals surface area contributed by atoms with Crippen LogP contribution in [0.25, 0.3) is 16.9 Å². The largest absolute Gasteiger partial charge is 0.573 e. The third-order valence-electron chi connectivity index (χ3n) is 3.12. The molecule has 118 valence electrons. The number of para-hydroxylation sites is 1. The molecule has 0 unspecified atom stereocenters. The summed E-state index contributed by atoms with van der Waals surface area (Å²) in [5, 5.41) is 4.38. The van der Waals surface area contributed by atoms with Crippen molar-refractivity contribution >= 4 is 5.82 Å². The van der Waals surface area contributed by atoms with E-state index >= 15 is 0 Å². The first kappa shape index (κ1) is 15.0. The third-order valence-corrected chi connectivity index (χ3v) is 3.12. The van der Waals surface area contributed by atoms with Crippen molar-refractivity contribution in [3.05, 3.63) is 60.7 Å². The van der Waals surface area contributed by atoms with Crippen LogP contribution in [0.5, 0.6) is 5.75 Å². The van der Waals surface area contributed by atoms with E-state index in [1.807, 2.05) is 30.3 Å². The second-order valence-electron chi connectivity index (χ2n) is 4.77. The molecule has 1 aromatic heterocycles. The van der Waals surface area contributed by atoms with E-state index in [0.29, 0.717) is 17.1 Å². The first-order valence-electron chi connectivity index (χ1n) is 6.69. The van der Waals surface area contributed by atoms with Crippen LogP contribution < -0.4 is 10.5 Å². The van der Waals surface area contributed by atoms with Gasteiger partial charge in [0.2, 0.25) is 0 Å². The highest BCUT2D eigenvalue weighted by molar-refractivity contribution is 5.64. The van der Waals surface area contributed by atoms with Crippen LogP contribution in [0.4, 0.5) is 19.0 Å². The lowest BCUT2D eigenvalue weighted by molar-refractivity contribution is -0.274. The second-order valence-corrected chi connectivity index (χ2v) is 4.77. The van der Waals surface area contributed by atoms with Crippen LogP contribution in [-0.2, 0) is 0 Å². The Morgan fingerprint density at radius 3 is 2.22 bits per heavy atom. The van der Waals surface area contributed by atoms with Crippen molar-refractivity contribution in [3.63, 3.8) is 0 Å². The smallest absolute Gasteiger partial charge is 0.406 e. The highest BCUT2D eigenvalue weighted by Gasteiger charge is 2.31. The molecule has 0 saturated carbocycles. The predicted molar refractivity (Wildman–Crippen MR) is 80.1 cm³/mol. The maximum atomic E-state index is 12.2. The van der Waals surface area contributed by atoms with Gasteiger partial charge in [-0.25, -0.2) is 4.68 Å². The van der Waals surface area contributed by atoms with Crippen LogP contribution in [0.1, 0.15) is 0 Å². The molecule has 7 heteroatoms. The van der Waals surface area contributed by atoms with E-state index in [-0.39, 0.29) is 5.75 Å². The highest BCUT2D eigenvalue weighted by Crippen LogP contribution is 2.27. The van der Waals surface area contributed by atoms with E-state index in [1.165, 1.54) is 24.3 Å². The van der Waals surface area contributed by atoms with E-state index in [0.717, 1.165) is 5.69 Å². The van der Waals surface area contributed by atoms with Crippen LogP contribution >= 0.6 is 0 Å². The van der Waals surface area contributed by atoms with Gasteiger partial charge in [-0.2, -0.15) is 5.10 Å². The van der Waals surface area contributed by atoms with Gasteiger partial charge in [0.15, 0.2) is 0 Å². The van der Waals surface area contributed by atoms with Gasteiger partial charge in [-0.3, -0.25) is 0 Å². The molecule has 3 aromatic rings. The summed E-state index contributed by atoms with van der Waals surface area (Å²) >= 11 is 0. The standard InChI is InChI=1S/C16H12F3N3O/c17-16(18,19)23-13-8-6-11(7-9-13)14-10-15(20)22(21-14)12-4-2-1-3-5-12/h1-10H,20H2. The molecule has 0 aliphatic rings. The van der Waals surface area contributed by atoms with Gasteiger partial charge in [0.05, 0.1) is 11.4 Å². The number of aromatic nitrogens is 2. The predicted octanol–water partition coefficient (Wildman–Crippen LogP) is 4.02. The minimum absolute atomic E-state index is 0.281. The molecule has 3 rings (SSSR count). The first-order chi connectivity index (χ1) is 10.9. The molecule has 23 heavy (non-hydrogen) atoms. The lowest BCUT2D eigenvalue weighted by atomic mass is 10.1. The summed E-state index contributed by atoms with van der Waals surface area (Å²) in [6, 6.07) is 16.4. The maximum absolute atomic E-state index is 12.2. The molecule has 2 N–H and O–H groups in total. The zero-order valence-corrected chi connectivity index (χ0v) is 11.8. The minimum Gasteiger partial charge on any atom is -0.406 e. The van der Waals surface area contributed by atoms with Crippen molar-refractivity contribution < 1.29 is 17.9 Å². The van der Waals surface area contributed by atoms with Crippen LogP contribution in [0.15, 0.2) is 60.7 Å². The molecule has 1 heterocycles. The van der Waals surface area contributed by atoms with E-state index < -0.39 is 6.36 Å². The van der Waals surface area contributed by atoms with Crippen molar-refractivity contribution in [2.45, 2.75) is 6.36 Å². The monoisotopic (exact) mass is 319 g/mol. The van der Waals surface area contributed by atoms with E-state index in [9.17, 15) is 13.2 Å². The molecule has 0 fully saturated rings. The van der Waals surface area contributed by atoms with Crippen LogP contribution in [0.2, 0.25) is 0 Å². The summed E-state index contributed by atoms with van der Waals surface area (Å²) < 4.78 is 41.9. The van der Waals surface area contributed by atoms with Gasteiger partial charge in [-0.05, 0) is 36.4 Å². The van der Waals surface area contributed by atoms with Crippen LogP contribution in [0.3, 0.4) is 0 Å². The molecule has 0 bridgehead atoms. The van der Waals surface area contributed by atoms with Gasteiger partial charge in [0, 0.05) is 11.6 Å². The minimum atomic E-state index is -4.71. The molecule has 0 amide bonds. The average Bonchev–Trinajstić information content (AvgIpc) is 2.89. The number of benzene rings is 2. The number of halogens is 3. The average molecular weight is 319 g/mol. The Bertz CT molecular complexity index is 796. The van der Waals surface area contributed by atoms with Crippen molar-refractivity contribution in [2.75, 3.05) is 5.73 Å². The number of ether oxygens (including phenoxy) is 1. The van der Waals surface area contributed by atoms with Gasteiger partial charge >= 0.3 is 6.36 Å². The van der Waals surface area contributed by atoms with Crippen LogP contribution in [0, 0.1) is 0 Å². The summed E-state index contributed by atoms with van der Waals surface area (Å²) in [6.45, 7) is 0. The molecule has 0 radical (unpaired) electrons. The SMILES string of the molecule is Nc1cc(-c2ccc(OC(F)(F)F)cc2)nn1-c1ccccc1. The molecule has 0 aliphatic carbocycles. The molecular formula is C16H12F3N3O. The van der Waals surface area contributed by atoms with E-state index in [1.54, 1.807) is 10.7 Å². The number of rotatable bonds is 3.